The molecule has 3 aromatic rings. The lowest BCUT2D eigenvalue weighted by atomic mass is 10.2. The second kappa shape index (κ2) is 5.37. The van der Waals surface area contributed by atoms with Gasteiger partial charge in [0, 0.05) is 0 Å². The fraction of sp³-hybridized carbons (Fsp3) is 0.188. The van der Waals surface area contributed by atoms with Crippen LogP contribution in [0.3, 0.4) is 0 Å². The Bertz CT molecular complexity index is 813. The summed E-state index contributed by atoms with van der Waals surface area (Å²) in [6, 6.07) is 10.7. The molecule has 3 rings (SSSR count). The van der Waals surface area contributed by atoms with Crippen molar-refractivity contribution in [3.63, 3.8) is 0 Å². The van der Waals surface area contributed by atoms with Gasteiger partial charge in [-0.1, -0.05) is 12.1 Å². The predicted molar refractivity (Wildman–Crippen MR) is 81.9 cm³/mol. The summed E-state index contributed by atoms with van der Waals surface area (Å²) < 4.78 is 21.2. The number of ether oxygens (including phenoxy) is 1. The molecule has 0 unspecified atom stereocenters. The minimum atomic E-state index is -0.357. The summed E-state index contributed by atoms with van der Waals surface area (Å²) in [6.45, 7) is 1.99. The molecule has 0 saturated heterocycles. The highest BCUT2D eigenvalue weighted by atomic mass is 35.5. The number of benzene rings is 2. The van der Waals surface area contributed by atoms with E-state index in [1.165, 1.54) is 6.07 Å². The van der Waals surface area contributed by atoms with Crippen LogP contribution in [-0.4, -0.2) is 16.7 Å². The molecule has 0 spiro atoms. The molecule has 0 aliphatic heterocycles. The van der Waals surface area contributed by atoms with Gasteiger partial charge in [0.25, 0.3) is 0 Å². The van der Waals surface area contributed by atoms with E-state index in [0.717, 1.165) is 11.3 Å². The molecule has 0 amide bonds. The zero-order chi connectivity index (χ0) is 15.0. The Hall–Kier alpha value is -2.07. The van der Waals surface area contributed by atoms with Gasteiger partial charge >= 0.3 is 0 Å². The van der Waals surface area contributed by atoms with Crippen molar-refractivity contribution >= 4 is 22.6 Å². The first-order valence-electron chi connectivity index (χ1n) is 6.52. The third-order valence-corrected chi connectivity index (χ3v) is 3.64. The molecule has 1 aromatic heterocycles. The maximum atomic E-state index is 13.9. The van der Waals surface area contributed by atoms with E-state index in [4.69, 9.17) is 16.3 Å². The molecule has 0 N–H and O–H groups in total. The molecule has 108 valence electrons. The average molecular weight is 305 g/mol. The Morgan fingerprint density at radius 3 is 2.81 bits per heavy atom. The first-order chi connectivity index (χ1) is 10.2. The summed E-state index contributed by atoms with van der Waals surface area (Å²) >= 11 is 5.99. The Balaban J connectivity index is 2.39. The quantitative estimate of drug-likeness (QED) is 0.677. The third kappa shape index (κ3) is 2.25. The Morgan fingerprint density at radius 2 is 2.10 bits per heavy atom. The van der Waals surface area contributed by atoms with Crippen LogP contribution in [-0.2, 0) is 5.88 Å². The summed E-state index contributed by atoms with van der Waals surface area (Å²) in [5.41, 5.74) is 2.87. The lowest BCUT2D eigenvalue weighted by Crippen LogP contribution is -2.02. The molecule has 3 nitrogen and oxygen atoms in total. The molecule has 0 atom stereocenters. The first kappa shape index (κ1) is 13.9. The van der Waals surface area contributed by atoms with E-state index in [0.29, 0.717) is 22.6 Å². The maximum absolute atomic E-state index is 13.9. The van der Waals surface area contributed by atoms with Gasteiger partial charge in [0.05, 0.1) is 24.2 Å². The summed E-state index contributed by atoms with van der Waals surface area (Å²) in [7, 11) is 1.61. The Kier molecular flexibility index (Phi) is 3.55. The summed E-state index contributed by atoms with van der Waals surface area (Å²) in [6.07, 6.45) is 0. The highest BCUT2D eigenvalue weighted by molar-refractivity contribution is 6.17. The minimum Gasteiger partial charge on any atom is -0.495 e. The van der Waals surface area contributed by atoms with Gasteiger partial charge in [-0.25, -0.2) is 9.37 Å². The number of aromatic nitrogens is 2. The van der Waals surface area contributed by atoms with E-state index < -0.39 is 0 Å². The van der Waals surface area contributed by atoms with Crippen LogP contribution >= 0.6 is 11.6 Å². The smallest absolute Gasteiger partial charge is 0.151 e. The highest BCUT2D eigenvalue weighted by Gasteiger charge is 2.17. The van der Waals surface area contributed by atoms with Crippen LogP contribution in [0.2, 0.25) is 0 Å². The summed E-state index contributed by atoms with van der Waals surface area (Å²) in [4.78, 5) is 4.31. The molecular formula is C16H14ClFN2O. The number of hydrogen-bond acceptors (Lipinski definition) is 2. The normalized spacial score (nSPS) is 11.0. The molecule has 0 aliphatic rings. The van der Waals surface area contributed by atoms with Crippen LogP contribution in [0, 0.1) is 12.7 Å². The number of imidazole rings is 1. The van der Waals surface area contributed by atoms with Gasteiger partial charge < -0.3 is 4.74 Å². The van der Waals surface area contributed by atoms with Crippen molar-refractivity contribution in [3.05, 3.63) is 53.6 Å². The molecule has 0 saturated carbocycles. The van der Waals surface area contributed by atoms with Crippen molar-refractivity contribution in [1.82, 2.24) is 9.55 Å². The van der Waals surface area contributed by atoms with E-state index in [-0.39, 0.29) is 11.7 Å². The lowest BCUT2D eigenvalue weighted by molar-refractivity contribution is 0.413. The molecule has 0 bridgehead atoms. The number of para-hydroxylation sites is 1. The number of nitrogens with zero attached hydrogens (tertiary/aromatic N) is 2. The Morgan fingerprint density at radius 1 is 1.29 bits per heavy atom. The number of halogens is 2. The number of methoxy groups -OCH3 is 1. The predicted octanol–water partition coefficient (Wildman–Crippen LogP) is 4.22. The van der Waals surface area contributed by atoms with E-state index in [9.17, 15) is 4.39 Å². The zero-order valence-corrected chi connectivity index (χ0v) is 12.5. The third-order valence-electron chi connectivity index (χ3n) is 3.40. The lowest BCUT2D eigenvalue weighted by Gasteiger charge is -2.13. The fourth-order valence-electron chi connectivity index (χ4n) is 2.45. The SMILES string of the molecule is COc1ccc(C)cc1-n1c(CCl)nc2c(F)cccc21. The summed E-state index contributed by atoms with van der Waals surface area (Å²) in [5.74, 6) is 1.10. The van der Waals surface area contributed by atoms with Gasteiger partial charge in [0.2, 0.25) is 0 Å². The van der Waals surface area contributed by atoms with Crippen LogP contribution in [0.4, 0.5) is 4.39 Å². The molecule has 5 heteroatoms. The molecule has 0 radical (unpaired) electrons. The minimum absolute atomic E-state index is 0.186. The average Bonchev–Trinajstić information content (AvgIpc) is 2.87. The van der Waals surface area contributed by atoms with Crippen molar-refractivity contribution in [1.29, 1.82) is 0 Å². The fourth-order valence-corrected chi connectivity index (χ4v) is 2.63. The van der Waals surface area contributed by atoms with Gasteiger partial charge in [0.1, 0.15) is 17.1 Å². The van der Waals surface area contributed by atoms with Gasteiger partial charge in [0.15, 0.2) is 5.82 Å². The van der Waals surface area contributed by atoms with E-state index in [1.54, 1.807) is 13.2 Å². The number of alkyl halides is 1. The van der Waals surface area contributed by atoms with Gasteiger partial charge in [-0.05, 0) is 36.8 Å². The summed E-state index contributed by atoms with van der Waals surface area (Å²) in [5, 5.41) is 0. The number of hydrogen-bond donors (Lipinski definition) is 0. The van der Waals surface area contributed by atoms with Crippen LogP contribution in [0.1, 0.15) is 11.4 Å². The number of rotatable bonds is 3. The molecule has 0 aliphatic carbocycles. The van der Waals surface area contributed by atoms with E-state index in [2.05, 4.69) is 4.98 Å². The van der Waals surface area contributed by atoms with Crippen molar-refractivity contribution in [2.75, 3.05) is 7.11 Å². The van der Waals surface area contributed by atoms with Gasteiger partial charge in [-0.15, -0.1) is 11.6 Å². The zero-order valence-electron chi connectivity index (χ0n) is 11.7. The standard InChI is InChI=1S/C16H14ClFN2O/c1-10-6-7-14(21-2)13(8-10)20-12-5-3-4-11(18)16(12)19-15(20)9-17/h3-8H,9H2,1-2H3. The van der Waals surface area contributed by atoms with Crippen molar-refractivity contribution in [2.24, 2.45) is 0 Å². The van der Waals surface area contributed by atoms with Crippen molar-refractivity contribution in [3.8, 4) is 11.4 Å². The van der Waals surface area contributed by atoms with Gasteiger partial charge in [-0.3, -0.25) is 4.57 Å². The van der Waals surface area contributed by atoms with E-state index >= 15 is 0 Å². The first-order valence-corrected chi connectivity index (χ1v) is 7.06. The van der Waals surface area contributed by atoms with E-state index in [1.807, 2.05) is 35.8 Å². The molecular weight excluding hydrogens is 291 g/mol. The van der Waals surface area contributed by atoms with Crippen LogP contribution in [0.5, 0.6) is 5.75 Å². The molecule has 0 fully saturated rings. The van der Waals surface area contributed by atoms with Crippen molar-refractivity contribution in [2.45, 2.75) is 12.8 Å². The Labute approximate surface area is 126 Å². The van der Waals surface area contributed by atoms with Gasteiger partial charge in [-0.2, -0.15) is 0 Å². The second-order valence-corrected chi connectivity index (χ2v) is 5.05. The largest absolute Gasteiger partial charge is 0.495 e. The second-order valence-electron chi connectivity index (χ2n) is 4.78. The molecule has 21 heavy (non-hydrogen) atoms. The molecule has 1 heterocycles. The topological polar surface area (TPSA) is 27.1 Å². The van der Waals surface area contributed by atoms with Crippen LogP contribution < -0.4 is 4.74 Å². The highest BCUT2D eigenvalue weighted by Crippen LogP contribution is 2.30. The molecule has 2 aromatic carbocycles. The van der Waals surface area contributed by atoms with Crippen molar-refractivity contribution < 1.29 is 9.13 Å². The number of fused-ring (bicyclic) bond motifs is 1. The number of aryl methyl sites for hydroxylation is 1. The monoisotopic (exact) mass is 304 g/mol. The maximum Gasteiger partial charge on any atom is 0.151 e. The van der Waals surface area contributed by atoms with Crippen LogP contribution in [0.25, 0.3) is 16.7 Å². The van der Waals surface area contributed by atoms with Crippen LogP contribution in [0.15, 0.2) is 36.4 Å².